The molecule has 3 N–H and O–H groups in total. The molecule has 0 saturated carbocycles. The van der Waals surface area contributed by atoms with Gasteiger partial charge in [0.1, 0.15) is 5.82 Å². The molecule has 0 aliphatic heterocycles. The first-order valence-electron chi connectivity index (χ1n) is 2.75. The molecule has 0 aliphatic carbocycles. The number of carboxylic acids is 1. The van der Waals surface area contributed by atoms with E-state index in [0.29, 0.717) is 0 Å². The van der Waals surface area contributed by atoms with Crippen LogP contribution in [0.1, 0.15) is 10.4 Å². The first-order valence-corrected chi connectivity index (χ1v) is 3.13. The normalized spacial score (nSPS) is 9.55. The van der Waals surface area contributed by atoms with E-state index in [-0.39, 0.29) is 16.4 Å². The van der Waals surface area contributed by atoms with Gasteiger partial charge in [-0.15, -0.1) is 0 Å². The fraction of sp³-hybridized carbons (Fsp3) is 0. The maximum atomic E-state index is 10.3. The zero-order valence-corrected chi connectivity index (χ0v) is 6.17. The Morgan fingerprint density at radius 2 is 2.36 bits per heavy atom. The van der Waals surface area contributed by atoms with Gasteiger partial charge in [-0.1, -0.05) is 11.6 Å². The van der Waals surface area contributed by atoms with Crippen LogP contribution in [-0.2, 0) is 0 Å². The van der Waals surface area contributed by atoms with Crippen LogP contribution in [0.4, 0.5) is 5.82 Å². The molecular weight excluding hydrogens is 168 g/mol. The van der Waals surface area contributed by atoms with Crippen LogP contribution in [0.15, 0.2) is 12.3 Å². The molecule has 1 rings (SSSR count). The summed E-state index contributed by atoms with van der Waals surface area (Å²) < 4.78 is 0. The highest BCUT2D eigenvalue weighted by atomic mass is 35.5. The largest absolute Gasteiger partial charge is 0.478 e. The van der Waals surface area contributed by atoms with Crippen LogP contribution in [0.2, 0.25) is 5.02 Å². The number of nitrogens with two attached hydrogens (primary N) is 1. The summed E-state index contributed by atoms with van der Waals surface area (Å²) in [6.07, 6.45) is 1.16. The second kappa shape index (κ2) is 2.75. The molecule has 0 amide bonds. The zero-order chi connectivity index (χ0) is 8.43. The minimum absolute atomic E-state index is 0.0317. The van der Waals surface area contributed by atoms with E-state index in [1.165, 1.54) is 6.07 Å². The molecule has 0 spiro atoms. The van der Waals surface area contributed by atoms with Gasteiger partial charge in [0, 0.05) is 6.20 Å². The number of rotatable bonds is 1. The molecule has 0 aliphatic rings. The molecule has 0 fully saturated rings. The third kappa shape index (κ3) is 1.59. The lowest BCUT2D eigenvalue weighted by Gasteiger charge is -1.96. The van der Waals surface area contributed by atoms with Crippen LogP contribution >= 0.6 is 11.6 Å². The van der Waals surface area contributed by atoms with Crippen molar-refractivity contribution in [3.63, 3.8) is 0 Å². The summed E-state index contributed by atoms with van der Waals surface area (Å²) in [5, 5.41) is 8.62. The van der Waals surface area contributed by atoms with Gasteiger partial charge >= 0.3 is 5.97 Å². The number of carboxylic acid groups (broad SMARTS) is 1. The Kier molecular flexibility index (Phi) is 1.96. The van der Waals surface area contributed by atoms with Crippen LogP contribution in [0.25, 0.3) is 0 Å². The topological polar surface area (TPSA) is 76.2 Å². The van der Waals surface area contributed by atoms with Crippen molar-refractivity contribution >= 4 is 23.4 Å². The Morgan fingerprint density at radius 1 is 1.73 bits per heavy atom. The minimum Gasteiger partial charge on any atom is -0.478 e. The summed E-state index contributed by atoms with van der Waals surface area (Å²) in [6.45, 7) is 0. The number of carbonyl (C=O) groups is 1. The SMILES string of the molecule is Nc1ncc(C(=O)O)cc1Cl. The number of aromatic carboxylic acids is 1. The molecule has 1 aromatic heterocycles. The van der Waals surface area contributed by atoms with E-state index >= 15 is 0 Å². The van der Waals surface area contributed by atoms with Crippen molar-refractivity contribution in [2.75, 3.05) is 5.73 Å². The maximum Gasteiger partial charge on any atom is 0.337 e. The predicted octanol–water partition coefficient (Wildman–Crippen LogP) is 1.02. The number of hydrogen-bond donors (Lipinski definition) is 2. The number of nitrogen functional groups attached to an aromatic ring is 1. The van der Waals surface area contributed by atoms with Gasteiger partial charge in [0.05, 0.1) is 10.6 Å². The molecule has 58 valence electrons. The van der Waals surface area contributed by atoms with Crippen molar-refractivity contribution in [1.82, 2.24) is 4.98 Å². The fourth-order valence-corrected chi connectivity index (χ4v) is 0.732. The Morgan fingerprint density at radius 3 is 2.82 bits per heavy atom. The Hall–Kier alpha value is -1.29. The quantitative estimate of drug-likeness (QED) is 0.663. The molecule has 1 heterocycles. The van der Waals surface area contributed by atoms with Gasteiger partial charge < -0.3 is 10.8 Å². The molecule has 0 bridgehead atoms. The van der Waals surface area contributed by atoms with E-state index in [4.69, 9.17) is 22.4 Å². The average molecular weight is 173 g/mol. The third-order valence-electron chi connectivity index (χ3n) is 1.12. The predicted molar refractivity (Wildman–Crippen MR) is 40.6 cm³/mol. The second-order valence-corrected chi connectivity index (χ2v) is 2.30. The molecule has 0 atom stereocenters. The summed E-state index contributed by atoms with van der Waals surface area (Å²) in [7, 11) is 0. The van der Waals surface area contributed by atoms with E-state index in [2.05, 4.69) is 4.98 Å². The lowest BCUT2D eigenvalue weighted by atomic mass is 10.3. The molecular formula is C6H5ClN2O2. The van der Waals surface area contributed by atoms with Crippen LogP contribution < -0.4 is 5.73 Å². The second-order valence-electron chi connectivity index (χ2n) is 1.90. The molecule has 0 aromatic carbocycles. The number of hydrogen-bond acceptors (Lipinski definition) is 3. The van der Waals surface area contributed by atoms with Crippen molar-refractivity contribution in [2.45, 2.75) is 0 Å². The van der Waals surface area contributed by atoms with Gasteiger partial charge in [-0.25, -0.2) is 9.78 Å². The summed E-state index contributed by atoms with van der Waals surface area (Å²) >= 11 is 5.51. The molecule has 0 saturated heterocycles. The standard InChI is InChI=1S/C6H5ClN2O2/c7-4-1-3(6(10)11)2-9-5(4)8/h1-2H,(H2,8,9)(H,10,11). The first kappa shape index (κ1) is 7.81. The highest BCUT2D eigenvalue weighted by Gasteiger charge is 2.05. The van der Waals surface area contributed by atoms with Gasteiger partial charge in [-0.3, -0.25) is 0 Å². The smallest absolute Gasteiger partial charge is 0.337 e. The van der Waals surface area contributed by atoms with Gasteiger partial charge in [0.15, 0.2) is 0 Å². The maximum absolute atomic E-state index is 10.3. The van der Waals surface area contributed by atoms with Crippen LogP contribution in [0, 0.1) is 0 Å². The molecule has 5 heteroatoms. The summed E-state index contributed by atoms with van der Waals surface area (Å²) in [4.78, 5) is 13.9. The van der Waals surface area contributed by atoms with E-state index in [1.807, 2.05) is 0 Å². The Labute approximate surface area is 67.6 Å². The summed E-state index contributed by atoms with van der Waals surface area (Å²) in [5.41, 5.74) is 5.28. The zero-order valence-electron chi connectivity index (χ0n) is 5.41. The van der Waals surface area contributed by atoms with Crippen molar-refractivity contribution < 1.29 is 9.90 Å². The number of pyridine rings is 1. The monoisotopic (exact) mass is 172 g/mol. The molecule has 0 radical (unpaired) electrons. The molecule has 0 unspecified atom stereocenters. The average Bonchev–Trinajstić information content (AvgIpc) is 1.94. The highest BCUT2D eigenvalue weighted by Crippen LogP contribution is 2.16. The third-order valence-corrected chi connectivity index (χ3v) is 1.42. The summed E-state index contributed by atoms with van der Waals surface area (Å²) in [6, 6.07) is 1.26. The number of anilines is 1. The Balaban J connectivity index is 3.15. The van der Waals surface area contributed by atoms with Crippen molar-refractivity contribution in [3.8, 4) is 0 Å². The van der Waals surface area contributed by atoms with Gasteiger partial charge in [-0.2, -0.15) is 0 Å². The summed E-state index contributed by atoms with van der Waals surface area (Å²) in [5.74, 6) is -0.934. The first-order chi connectivity index (χ1) is 5.11. The number of nitrogens with zero attached hydrogens (tertiary/aromatic N) is 1. The van der Waals surface area contributed by atoms with Crippen molar-refractivity contribution in [1.29, 1.82) is 0 Å². The van der Waals surface area contributed by atoms with Crippen molar-refractivity contribution in [3.05, 3.63) is 22.8 Å². The van der Waals surface area contributed by atoms with Crippen molar-refractivity contribution in [2.24, 2.45) is 0 Å². The van der Waals surface area contributed by atoms with Gasteiger partial charge in [0.25, 0.3) is 0 Å². The van der Waals surface area contributed by atoms with Gasteiger partial charge in [-0.05, 0) is 6.07 Å². The van der Waals surface area contributed by atoms with Crippen LogP contribution in [0.3, 0.4) is 0 Å². The van der Waals surface area contributed by atoms with Crippen LogP contribution in [-0.4, -0.2) is 16.1 Å². The van der Waals surface area contributed by atoms with Gasteiger partial charge in [0.2, 0.25) is 0 Å². The molecule has 4 nitrogen and oxygen atoms in total. The highest BCUT2D eigenvalue weighted by molar-refractivity contribution is 6.33. The van der Waals surface area contributed by atoms with E-state index in [9.17, 15) is 4.79 Å². The van der Waals surface area contributed by atoms with E-state index < -0.39 is 5.97 Å². The molecule has 11 heavy (non-hydrogen) atoms. The number of halogens is 1. The Bertz CT molecular complexity index is 301. The lowest BCUT2D eigenvalue weighted by molar-refractivity contribution is 0.0696. The van der Waals surface area contributed by atoms with E-state index in [0.717, 1.165) is 6.20 Å². The lowest BCUT2D eigenvalue weighted by Crippen LogP contribution is -1.99. The van der Waals surface area contributed by atoms with Crippen LogP contribution in [0.5, 0.6) is 0 Å². The fourth-order valence-electron chi connectivity index (χ4n) is 0.565. The molecule has 1 aromatic rings. The number of aromatic nitrogens is 1. The van der Waals surface area contributed by atoms with E-state index in [1.54, 1.807) is 0 Å². The minimum atomic E-state index is -1.07.